The Labute approximate surface area is 148 Å². The number of aliphatic carboxylic acids is 1. The summed E-state index contributed by atoms with van der Waals surface area (Å²) in [6, 6.07) is 14.1. The van der Waals surface area contributed by atoms with Crippen LogP contribution in [-0.4, -0.2) is 15.6 Å². The van der Waals surface area contributed by atoms with E-state index in [0.29, 0.717) is 22.1 Å². The normalized spacial score (nSPS) is 10.8. The fourth-order valence-corrected chi connectivity index (χ4v) is 2.88. The number of hydrogen-bond donors (Lipinski definition) is 1. The lowest BCUT2D eigenvalue weighted by molar-refractivity contribution is -0.305. The molecule has 0 aliphatic heterocycles. The minimum Gasteiger partial charge on any atom is -0.550 e. The van der Waals surface area contributed by atoms with Gasteiger partial charge in [0.1, 0.15) is 11.6 Å². The quantitative estimate of drug-likeness (QED) is 0.760. The minimum absolute atomic E-state index is 0.00124. The van der Waals surface area contributed by atoms with E-state index in [9.17, 15) is 19.4 Å². The third-order valence-electron chi connectivity index (χ3n) is 3.87. The summed E-state index contributed by atoms with van der Waals surface area (Å²) in [6.07, 6.45) is 0.0592. The van der Waals surface area contributed by atoms with Gasteiger partial charge in [-0.25, -0.2) is 4.39 Å². The van der Waals surface area contributed by atoms with E-state index in [1.54, 1.807) is 41.0 Å². The highest BCUT2D eigenvalue weighted by Crippen LogP contribution is 2.33. The Morgan fingerprint density at radius 3 is 2.52 bits per heavy atom. The fraction of sp³-hybridized carbons (Fsp3) is 0.105. The number of nitrogens with zero attached hydrogens (tertiary/aromatic N) is 1. The Bertz CT molecular complexity index is 919. The molecule has 0 fully saturated rings. The van der Waals surface area contributed by atoms with E-state index < -0.39 is 5.97 Å². The zero-order valence-corrected chi connectivity index (χ0v) is 13.8. The Hall–Kier alpha value is -2.79. The number of hydrogen-bond acceptors (Lipinski definition) is 3. The van der Waals surface area contributed by atoms with Crippen LogP contribution >= 0.6 is 11.6 Å². The van der Waals surface area contributed by atoms with Crippen molar-refractivity contribution in [2.75, 3.05) is 0 Å². The summed E-state index contributed by atoms with van der Waals surface area (Å²) >= 11 is 6.05. The monoisotopic (exact) mass is 358 g/mol. The molecule has 25 heavy (non-hydrogen) atoms. The molecule has 0 aliphatic rings. The molecule has 128 valence electrons. The van der Waals surface area contributed by atoms with E-state index in [0.717, 1.165) is 5.56 Å². The number of benzene rings is 2. The van der Waals surface area contributed by atoms with Crippen molar-refractivity contribution in [3.63, 3.8) is 0 Å². The summed E-state index contributed by atoms with van der Waals surface area (Å²) in [7, 11) is 0. The van der Waals surface area contributed by atoms with Crippen molar-refractivity contribution in [1.82, 2.24) is 4.57 Å². The van der Waals surface area contributed by atoms with Gasteiger partial charge in [0.05, 0.1) is 11.4 Å². The average Bonchev–Trinajstić information content (AvgIpc) is 2.99. The molecule has 0 bridgehead atoms. The van der Waals surface area contributed by atoms with Crippen LogP contribution in [0.3, 0.4) is 0 Å². The maximum atomic E-state index is 13.2. The molecule has 1 heterocycles. The lowest BCUT2D eigenvalue weighted by Gasteiger charge is -2.16. The zero-order valence-electron chi connectivity index (χ0n) is 13.1. The van der Waals surface area contributed by atoms with Crippen LogP contribution in [-0.2, 0) is 11.2 Å². The minimum atomic E-state index is -1.16. The topological polar surface area (TPSA) is 65.3 Å². The van der Waals surface area contributed by atoms with Crippen molar-refractivity contribution in [1.29, 1.82) is 0 Å². The van der Waals surface area contributed by atoms with Gasteiger partial charge >= 0.3 is 0 Å². The number of carboxylic acid groups (broad SMARTS) is 1. The number of phenols is 1. The first kappa shape index (κ1) is 17.0. The number of halogens is 2. The molecule has 2 aromatic carbocycles. The second-order valence-corrected chi connectivity index (χ2v) is 5.99. The molecule has 1 N–H and O–H groups in total. The lowest BCUT2D eigenvalue weighted by atomic mass is 10.1. The van der Waals surface area contributed by atoms with Gasteiger partial charge in [0.15, 0.2) is 0 Å². The number of aromatic hydroxyl groups is 1. The lowest BCUT2D eigenvalue weighted by Crippen LogP contribution is -2.22. The van der Waals surface area contributed by atoms with E-state index in [1.165, 1.54) is 18.2 Å². The highest BCUT2D eigenvalue weighted by Gasteiger charge is 2.15. The molecular weight excluding hydrogens is 345 g/mol. The molecule has 0 aliphatic carbocycles. The first-order chi connectivity index (χ1) is 12.0. The van der Waals surface area contributed by atoms with Gasteiger partial charge in [-0.1, -0.05) is 11.6 Å². The largest absolute Gasteiger partial charge is 0.550 e. The summed E-state index contributed by atoms with van der Waals surface area (Å²) < 4.78 is 14.9. The van der Waals surface area contributed by atoms with Crippen LogP contribution in [0, 0.1) is 5.82 Å². The standard InChI is InChI=1S/C19H15ClFNO3/c20-13-3-9-18(23)17(11-13)22-15(7-10-19(24)25)6-8-16(22)12-1-4-14(21)5-2-12/h1-6,8-9,11,23H,7,10H2,(H,24,25)/p-1. The Balaban J connectivity index is 2.17. The summed E-state index contributed by atoms with van der Waals surface area (Å²) in [6.45, 7) is 0. The molecule has 0 unspecified atom stereocenters. The van der Waals surface area contributed by atoms with Crippen LogP contribution in [0.25, 0.3) is 16.9 Å². The number of phenolic OH excluding ortho intramolecular Hbond substituents is 1. The SMILES string of the molecule is O=C([O-])CCc1ccc(-c2ccc(F)cc2)n1-c1cc(Cl)ccc1O. The summed E-state index contributed by atoms with van der Waals surface area (Å²) in [5.74, 6) is -1.52. The molecule has 6 heteroatoms. The van der Waals surface area contributed by atoms with E-state index >= 15 is 0 Å². The van der Waals surface area contributed by atoms with Crippen LogP contribution < -0.4 is 5.11 Å². The molecule has 0 amide bonds. The van der Waals surface area contributed by atoms with Gasteiger partial charge in [-0.05, 0) is 73.0 Å². The van der Waals surface area contributed by atoms with Crippen LogP contribution in [0.5, 0.6) is 5.75 Å². The number of carboxylic acids is 1. The van der Waals surface area contributed by atoms with E-state index in [4.69, 9.17) is 11.6 Å². The molecule has 3 rings (SSSR count). The number of aromatic nitrogens is 1. The summed E-state index contributed by atoms with van der Waals surface area (Å²) in [5, 5.41) is 21.5. The number of carbonyl (C=O) groups excluding carboxylic acids is 1. The third kappa shape index (κ3) is 3.67. The van der Waals surface area contributed by atoms with E-state index in [-0.39, 0.29) is 24.4 Å². The second-order valence-electron chi connectivity index (χ2n) is 5.56. The van der Waals surface area contributed by atoms with Crippen LogP contribution in [0.4, 0.5) is 4.39 Å². The van der Waals surface area contributed by atoms with Crippen LogP contribution in [0.2, 0.25) is 5.02 Å². The fourth-order valence-electron chi connectivity index (χ4n) is 2.71. The smallest absolute Gasteiger partial charge is 0.139 e. The van der Waals surface area contributed by atoms with E-state index in [2.05, 4.69) is 0 Å². The van der Waals surface area contributed by atoms with Crippen LogP contribution in [0.15, 0.2) is 54.6 Å². The van der Waals surface area contributed by atoms with Gasteiger partial charge in [0.2, 0.25) is 0 Å². The Morgan fingerprint density at radius 2 is 1.84 bits per heavy atom. The molecule has 0 saturated carbocycles. The van der Waals surface area contributed by atoms with Gasteiger partial charge in [-0.3, -0.25) is 0 Å². The van der Waals surface area contributed by atoms with Gasteiger partial charge in [0.25, 0.3) is 0 Å². The van der Waals surface area contributed by atoms with Crippen molar-refractivity contribution >= 4 is 17.6 Å². The summed E-state index contributed by atoms with van der Waals surface area (Å²) in [4.78, 5) is 10.8. The van der Waals surface area contributed by atoms with E-state index in [1.807, 2.05) is 0 Å². The maximum absolute atomic E-state index is 13.2. The van der Waals surface area contributed by atoms with Gasteiger partial charge < -0.3 is 19.6 Å². The molecule has 0 spiro atoms. The maximum Gasteiger partial charge on any atom is 0.139 e. The van der Waals surface area contributed by atoms with Gasteiger partial charge in [-0.15, -0.1) is 0 Å². The van der Waals surface area contributed by atoms with Crippen molar-refractivity contribution in [2.24, 2.45) is 0 Å². The van der Waals surface area contributed by atoms with Gasteiger partial charge in [0, 0.05) is 16.7 Å². The molecule has 3 aromatic rings. The Kier molecular flexibility index (Phi) is 4.76. The summed E-state index contributed by atoms with van der Waals surface area (Å²) in [5.41, 5.74) is 2.50. The molecule has 0 radical (unpaired) electrons. The van der Waals surface area contributed by atoms with Crippen molar-refractivity contribution in [3.8, 4) is 22.7 Å². The average molecular weight is 359 g/mol. The highest BCUT2D eigenvalue weighted by atomic mass is 35.5. The predicted molar refractivity (Wildman–Crippen MR) is 91.2 cm³/mol. The number of rotatable bonds is 5. The van der Waals surface area contributed by atoms with Crippen molar-refractivity contribution < 1.29 is 19.4 Å². The van der Waals surface area contributed by atoms with Crippen molar-refractivity contribution in [3.05, 3.63) is 71.1 Å². The molecular formula is C19H14ClFNO3-. The number of aryl methyl sites for hydroxylation is 1. The molecule has 4 nitrogen and oxygen atoms in total. The second kappa shape index (κ2) is 6.99. The molecule has 1 aromatic heterocycles. The first-order valence-corrected chi connectivity index (χ1v) is 7.99. The van der Waals surface area contributed by atoms with Crippen molar-refractivity contribution in [2.45, 2.75) is 12.8 Å². The number of carbonyl (C=O) groups is 1. The van der Waals surface area contributed by atoms with Crippen LogP contribution in [0.1, 0.15) is 12.1 Å². The third-order valence-corrected chi connectivity index (χ3v) is 4.10. The van der Waals surface area contributed by atoms with Gasteiger partial charge in [-0.2, -0.15) is 0 Å². The molecule has 0 atom stereocenters. The Morgan fingerprint density at radius 1 is 1.12 bits per heavy atom. The first-order valence-electron chi connectivity index (χ1n) is 7.61. The zero-order chi connectivity index (χ0) is 18.0. The molecule has 0 saturated heterocycles. The highest BCUT2D eigenvalue weighted by molar-refractivity contribution is 6.30. The predicted octanol–water partition coefficient (Wildman–Crippen LogP) is 3.32.